The summed E-state index contributed by atoms with van der Waals surface area (Å²) in [7, 11) is 1.64. The summed E-state index contributed by atoms with van der Waals surface area (Å²) in [4.78, 5) is 9.85. The van der Waals surface area contributed by atoms with Crippen molar-refractivity contribution in [3.05, 3.63) is 16.8 Å². The van der Waals surface area contributed by atoms with Gasteiger partial charge in [-0.3, -0.25) is 0 Å². The van der Waals surface area contributed by atoms with E-state index in [0.29, 0.717) is 26.4 Å². The van der Waals surface area contributed by atoms with Crippen molar-refractivity contribution in [3.8, 4) is 5.75 Å². The third kappa shape index (κ3) is 5.18. The zero-order chi connectivity index (χ0) is 10.1. The van der Waals surface area contributed by atoms with E-state index in [1.165, 1.54) is 0 Å². The van der Waals surface area contributed by atoms with Gasteiger partial charge in [0.2, 0.25) is 0 Å². The Morgan fingerprint density at radius 1 is 1.21 bits per heavy atom. The van der Waals surface area contributed by atoms with E-state index >= 15 is 0 Å². The number of rotatable bonds is 8. The normalized spacial score (nSPS) is 10.4. The summed E-state index contributed by atoms with van der Waals surface area (Å²) < 4.78 is 9.98. The summed E-state index contributed by atoms with van der Waals surface area (Å²) in [5.74, 6) is 0.729. The van der Waals surface area contributed by atoms with E-state index in [4.69, 9.17) is 19.2 Å². The molecule has 0 saturated carbocycles. The molecule has 0 aliphatic heterocycles. The molecule has 0 fully saturated rings. The van der Waals surface area contributed by atoms with Crippen molar-refractivity contribution in [2.24, 2.45) is 0 Å². The molecule has 4 nitrogen and oxygen atoms in total. The minimum Gasteiger partial charge on any atom is -0.382 e. The molecule has 1 heterocycles. The van der Waals surface area contributed by atoms with Crippen molar-refractivity contribution in [2.75, 3.05) is 33.5 Å². The quantitative estimate of drug-likeness (QED) is 0.378. The predicted octanol–water partition coefficient (Wildman–Crippen LogP) is 1.72. The van der Waals surface area contributed by atoms with Gasteiger partial charge < -0.3 is 14.4 Å². The maximum Gasteiger partial charge on any atom is 0.176 e. The Balaban J connectivity index is 1.85. The average molecular weight is 218 g/mol. The third-order valence-corrected chi connectivity index (χ3v) is 2.05. The first-order chi connectivity index (χ1) is 6.93. The number of methoxy groups -OCH3 is 1. The molecule has 14 heavy (non-hydrogen) atoms. The van der Waals surface area contributed by atoms with Gasteiger partial charge >= 0.3 is 0 Å². The minimum absolute atomic E-state index is 0.416. The van der Waals surface area contributed by atoms with Crippen LogP contribution in [0.4, 0.5) is 0 Å². The maximum atomic E-state index is 5.17. The van der Waals surface area contributed by atoms with E-state index in [1.807, 2.05) is 16.8 Å². The highest BCUT2D eigenvalue weighted by Crippen LogP contribution is 2.14. The van der Waals surface area contributed by atoms with Gasteiger partial charge in [-0.1, -0.05) is 0 Å². The Hall–Kier alpha value is -0.620. The van der Waals surface area contributed by atoms with E-state index in [9.17, 15) is 0 Å². The minimum atomic E-state index is 0.416. The van der Waals surface area contributed by atoms with Crippen molar-refractivity contribution < 1.29 is 19.2 Å². The molecule has 0 amide bonds. The van der Waals surface area contributed by atoms with Crippen LogP contribution in [0.1, 0.15) is 0 Å². The molecule has 0 unspecified atom stereocenters. The lowest BCUT2D eigenvalue weighted by Gasteiger charge is -2.04. The molecule has 5 heteroatoms. The molecule has 0 spiro atoms. The highest BCUT2D eigenvalue weighted by atomic mass is 32.1. The van der Waals surface area contributed by atoms with Gasteiger partial charge in [0.25, 0.3) is 0 Å². The maximum absolute atomic E-state index is 5.17. The second-order valence-electron chi connectivity index (χ2n) is 2.47. The zero-order valence-corrected chi connectivity index (χ0v) is 8.92. The van der Waals surface area contributed by atoms with Gasteiger partial charge in [0.05, 0.1) is 19.8 Å². The zero-order valence-electron chi connectivity index (χ0n) is 8.10. The smallest absolute Gasteiger partial charge is 0.176 e. The summed E-state index contributed by atoms with van der Waals surface area (Å²) in [6, 6.07) is 1.84. The Morgan fingerprint density at radius 3 is 2.79 bits per heavy atom. The van der Waals surface area contributed by atoms with Crippen LogP contribution < -0.4 is 4.89 Å². The first kappa shape index (κ1) is 11.5. The van der Waals surface area contributed by atoms with Crippen LogP contribution in [0.5, 0.6) is 5.75 Å². The van der Waals surface area contributed by atoms with Crippen molar-refractivity contribution in [1.29, 1.82) is 0 Å². The number of thiophene rings is 1. The van der Waals surface area contributed by atoms with E-state index < -0.39 is 0 Å². The van der Waals surface area contributed by atoms with Crippen molar-refractivity contribution in [3.63, 3.8) is 0 Å². The molecule has 1 rings (SSSR count). The van der Waals surface area contributed by atoms with E-state index in [2.05, 4.69) is 0 Å². The van der Waals surface area contributed by atoms with Gasteiger partial charge in [-0.05, 0) is 11.4 Å². The van der Waals surface area contributed by atoms with Crippen LogP contribution in [0.25, 0.3) is 0 Å². The number of hydrogen-bond donors (Lipinski definition) is 0. The van der Waals surface area contributed by atoms with Gasteiger partial charge in [-0.25, -0.2) is 0 Å². The van der Waals surface area contributed by atoms with Crippen molar-refractivity contribution in [1.82, 2.24) is 0 Å². The highest BCUT2D eigenvalue weighted by molar-refractivity contribution is 7.08. The van der Waals surface area contributed by atoms with Gasteiger partial charge in [0, 0.05) is 12.5 Å². The van der Waals surface area contributed by atoms with Gasteiger partial charge in [-0.15, -0.1) is 11.3 Å². The Morgan fingerprint density at radius 2 is 2.07 bits per heavy atom. The van der Waals surface area contributed by atoms with Crippen molar-refractivity contribution >= 4 is 11.3 Å². The Labute approximate surface area is 87.3 Å². The lowest BCUT2D eigenvalue weighted by atomic mass is 10.6. The molecular formula is C9H14O4S. The fraction of sp³-hybridized carbons (Fsp3) is 0.556. The third-order valence-electron chi connectivity index (χ3n) is 1.39. The molecule has 0 atom stereocenters. The summed E-state index contributed by atoms with van der Waals surface area (Å²) in [5, 5.41) is 3.79. The fourth-order valence-electron chi connectivity index (χ4n) is 0.746. The molecule has 1 aromatic heterocycles. The summed E-state index contributed by atoms with van der Waals surface area (Å²) in [6.07, 6.45) is 0. The van der Waals surface area contributed by atoms with E-state index in [1.54, 1.807) is 18.4 Å². The molecule has 0 radical (unpaired) electrons. The number of ether oxygens (including phenoxy) is 2. The molecule has 80 valence electrons. The molecule has 1 aromatic rings. The van der Waals surface area contributed by atoms with Gasteiger partial charge in [0.15, 0.2) is 5.75 Å². The lowest BCUT2D eigenvalue weighted by Crippen LogP contribution is -2.09. The SMILES string of the molecule is COCCOCCOOc1ccsc1. The summed E-state index contributed by atoms with van der Waals surface area (Å²) in [6.45, 7) is 2.11. The molecule has 0 aliphatic carbocycles. The predicted molar refractivity (Wildman–Crippen MR) is 53.6 cm³/mol. The largest absolute Gasteiger partial charge is 0.382 e. The van der Waals surface area contributed by atoms with Crippen LogP contribution in [0.3, 0.4) is 0 Å². The topological polar surface area (TPSA) is 36.9 Å². The first-order valence-electron chi connectivity index (χ1n) is 4.32. The van der Waals surface area contributed by atoms with Crippen LogP contribution in [0.2, 0.25) is 0 Å². The standard InChI is InChI=1S/C9H14O4S/c1-10-3-4-11-5-6-12-13-9-2-7-14-8-9/h2,7-8H,3-6H2,1H3. The highest BCUT2D eigenvalue weighted by Gasteiger charge is 1.94. The van der Waals surface area contributed by atoms with Crippen LogP contribution in [-0.2, 0) is 14.4 Å². The Kier molecular flexibility index (Phi) is 6.34. The van der Waals surface area contributed by atoms with Crippen molar-refractivity contribution in [2.45, 2.75) is 0 Å². The number of hydrogen-bond acceptors (Lipinski definition) is 5. The van der Waals surface area contributed by atoms with Crippen LogP contribution >= 0.6 is 11.3 Å². The van der Waals surface area contributed by atoms with Crippen LogP contribution in [0, 0.1) is 0 Å². The second kappa shape index (κ2) is 7.75. The monoisotopic (exact) mass is 218 g/mol. The Bertz CT molecular complexity index is 213. The average Bonchev–Trinajstić information content (AvgIpc) is 2.69. The molecule has 0 aliphatic rings. The van der Waals surface area contributed by atoms with Crippen LogP contribution in [-0.4, -0.2) is 33.5 Å². The summed E-state index contributed by atoms with van der Waals surface area (Å²) in [5.41, 5.74) is 0. The van der Waals surface area contributed by atoms with E-state index in [0.717, 1.165) is 5.75 Å². The van der Waals surface area contributed by atoms with E-state index in [-0.39, 0.29) is 0 Å². The van der Waals surface area contributed by atoms with Crippen LogP contribution in [0.15, 0.2) is 16.8 Å². The van der Waals surface area contributed by atoms with Gasteiger partial charge in [0.1, 0.15) is 6.61 Å². The molecule has 0 aromatic carbocycles. The molecule has 0 saturated heterocycles. The summed E-state index contributed by atoms with van der Waals surface area (Å²) >= 11 is 1.56. The lowest BCUT2D eigenvalue weighted by molar-refractivity contribution is -0.215. The fourth-order valence-corrected chi connectivity index (χ4v) is 1.29. The molecule has 0 N–H and O–H groups in total. The molecular weight excluding hydrogens is 204 g/mol. The van der Waals surface area contributed by atoms with Gasteiger partial charge in [-0.2, -0.15) is 4.89 Å². The first-order valence-corrected chi connectivity index (χ1v) is 5.26. The molecule has 0 bridgehead atoms. The second-order valence-corrected chi connectivity index (χ2v) is 3.25.